The van der Waals surface area contributed by atoms with Crippen LogP contribution in [0.4, 0.5) is 0 Å². The summed E-state index contributed by atoms with van der Waals surface area (Å²) in [4.78, 5) is 17.7. The number of imidazole rings is 1. The summed E-state index contributed by atoms with van der Waals surface area (Å²) in [5, 5.41) is 0.504. The van der Waals surface area contributed by atoms with Crippen LogP contribution in [-0.2, 0) is 0 Å². The fraction of sp³-hybridized carbons (Fsp3) is 0.111. The van der Waals surface area contributed by atoms with Gasteiger partial charge < -0.3 is 4.98 Å². The van der Waals surface area contributed by atoms with Crippen molar-refractivity contribution in [3.8, 4) is 0 Å². The van der Waals surface area contributed by atoms with Gasteiger partial charge in [-0.15, -0.1) is 0 Å². The molecule has 0 aliphatic carbocycles. The number of aryl methyl sites for hydroxylation is 1. The molecule has 1 heterocycles. The van der Waals surface area contributed by atoms with Gasteiger partial charge in [0, 0.05) is 5.56 Å². The van der Waals surface area contributed by atoms with Crippen LogP contribution >= 0.6 is 11.6 Å². The van der Waals surface area contributed by atoms with Crippen LogP contribution in [0, 0.1) is 6.92 Å². The number of nitrogens with zero attached hydrogens (tertiary/aromatic N) is 1. The van der Waals surface area contributed by atoms with E-state index < -0.39 is 0 Å². The Bertz CT molecular complexity index is 476. The molecule has 2 aromatic rings. The van der Waals surface area contributed by atoms with Crippen molar-refractivity contribution in [2.24, 2.45) is 0 Å². The highest BCUT2D eigenvalue weighted by Crippen LogP contribution is 2.22. The molecule has 0 spiro atoms. The maximum Gasteiger partial charge on any atom is 0.150 e. The average molecular weight is 195 g/mol. The number of nitrogens with one attached hydrogen (secondary N) is 1. The number of aldehydes is 1. The fourth-order valence-corrected chi connectivity index (χ4v) is 1.56. The summed E-state index contributed by atoms with van der Waals surface area (Å²) in [5.41, 5.74) is 2.07. The van der Waals surface area contributed by atoms with Gasteiger partial charge in [-0.2, -0.15) is 0 Å². The summed E-state index contributed by atoms with van der Waals surface area (Å²) in [6.07, 6.45) is 0.765. The SMILES string of the molecule is Cc1nc2c(Cl)cc(C=O)cc2[nH]1. The van der Waals surface area contributed by atoms with Gasteiger partial charge in [0.2, 0.25) is 0 Å². The number of carbonyl (C=O) groups is 1. The first kappa shape index (κ1) is 8.26. The number of aromatic amines is 1. The summed E-state index contributed by atoms with van der Waals surface area (Å²) in [7, 11) is 0. The Kier molecular flexibility index (Phi) is 1.81. The van der Waals surface area contributed by atoms with Gasteiger partial charge in [-0.3, -0.25) is 4.79 Å². The van der Waals surface area contributed by atoms with Gasteiger partial charge in [-0.1, -0.05) is 11.6 Å². The average Bonchev–Trinajstić information content (AvgIpc) is 2.46. The van der Waals surface area contributed by atoms with Gasteiger partial charge in [-0.05, 0) is 19.1 Å². The predicted octanol–water partition coefficient (Wildman–Crippen LogP) is 2.34. The molecule has 1 aromatic carbocycles. The first-order valence-corrected chi connectivity index (χ1v) is 4.19. The Morgan fingerprint density at radius 2 is 2.31 bits per heavy atom. The maximum atomic E-state index is 10.5. The van der Waals surface area contributed by atoms with Crippen LogP contribution in [0.3, 0.4) is 0 Å². The number of benzene rings is 1. The number of halogens is 1. The second-order valence-corrected chi connectivity index (χ2v) is 3.25. The number of fused-ring (bicyclic) bond motifs is 1. The number of hydrogen-bond donors (Lipinski definition) is 1. The van der Waals surface area contributed by atoms with Crippen LogP contribution in [-0.4, -0.2) is 16.3 Å². The van der Waals surface area contributed by atoms with Crippen LogP contribution in [0.2, 0.25) is 5.02 Å². The number of carbonyl (C=O) groups excluding carboxylic acids is 1. The van der Waals surface area contributed by atoms with E-state index in [4.69, 9.17) is 11.6 Å². The van der Waals surface area contributed by atoms with Crippen molar-refractivity contribution in [1.29, 1.82) is 0 Å². The lowest BCUT2D eigenvalue weighted by atomic mass is 10.2. The second-order valence-electron chi connectivity index (χ2n) is 2.84. The minimum atomic E-state index is 0.504. The minimum absolute atomic E-state index is 0.504. The van der Waals surface area contributed by atoms with Crippen LogP contribution in [0.15, 0.2) is 12.1 Å². The van der Waals surface area contributed by atoms with Crippen molar-refractivity contribution in [2.75, 3.05) is 0 Å². The summed E-state index contributed by atoms with van der Waals surface area (Å²) in [6.45, 7) is 1.84. The highest BCUT2D eigenvalue weighted by molar-refractivity contribution is 6.35. The van der Waals surface area contributed by atoms with E-state index in [0.717, 1.165) is 17.6 Å². The summed E-state index contributed by atoms with van der Waals surface area (Å²) in [6, 6.07) is 3.34. The van der Waals surface area contributed by atoms with Gasteiger partial charge in [0.05, 0.1) is 10.5 Å². The Hall–Kier alpha value is -1.35. The smallest absolute Gasteiger partial charge is 0.150 e. The monoisotopic (exact) mass is 194 g/mol. The molecule has 1 N–H and O–H groups in total. The van der Waals surface area contributed by atoms with Gasteiger partial charge in [0.25, 0.3) is 0 Å². The molecule has 1 aromatic heterocycles. The van der Waals surface area contributed by atoms with Gasteiger partial charge in [0.1, 0.15) is 17.6 Å². The van der Waals surface area contributed by atoms with Crippen LogP contribution in [0.5, 0.6) is 0 Å². The van der Waals surface area contributed by atoms with Crippen LogP contribution in [0.1, 0.15) is 16.2 Å². The number of hydrogen-bond acceptors (Lipinski definition) is 2. The summed E-state index contributed by atoms with van der Waals surface area (Å²) >= 11 is 5.91. The first-order chi connectivity index (χ1) is 6.20. The third-order valence-corrected chi connectivity index (χ3v) is 2.11. The van der Waals surface area contributed by atoms with Crippen molar-refractivity contribution < 1.29 is 4.79 Å². The van der Waals surface area contributed by atoms with E-state index in [1.54, 1.807) is 12.1 Å². The third kappa shape index (κ3) is 1.31. The number of rotatable bonds is 1. The van der Waals surface area contributed by atoms with E-state index in [2.05, 4.69) is 9.97 Å². The lowest BCUT2D eigenvalue weighted by Crippen LogP contribution is -1.80. The predicted molar refractivity (Wildman–Crippen MR) is 51.2 cm³/mol. The summed E-state index contributed by atoms with van der Waals surface area (Å²) in [5.74, 6) is 0.792. The molecule has 0 aliphatic rings. The van der Waals surface area contributed by atoms with Gasteiger partial charge >= 0.3 is 0 Å². The zero-order chi connectivity index (χ0) is 9.42. The second kappa shape index (κ2) is 2.85. The quantitative estimate of drug-likeness (QED) is 0.709. The van der Waals surface area contributed by atoms with E-state index in [9.17, 15) is 4.79 Å². The molecule has 0 unspecified atom stereocenters. The Balaban J connectivity index is 2.82. The molecule has 0 saturated heterocycles. The number of aromatic nitrogens is 2. The Labute approximate surface area is 79.7 Å². The molecule has 0 radical (unpaired) electrons. The standard InChI is InChI=1S/C9H7ClN2O/c1-5-11-8-3-6(4-13)2-7(10)9(8)12-5/h2-4H,1H3,(H,11,12). The Morgan fingerprint density at radius 3 is 3.00 bits per heavy atom. The zero-order valence-corrected chi connectivity index (χ0v) is 7.72. The molecule has 0 bridgehead atoms. The molecule has 0 fully saturated rings. The largest absolute Gasteiger partial charge is 0.342 e. The minimum Gasteiger partial charge on any atom is -0.342 e. The highest BCUT2D eigenvalue weighted by atomic mass is 35.5. The van der Waals surface area contributed by atoms with Gasteiger partial charge in [0.15, 0.2) is 0 Å². The lowest BCUT2D eigenvalue weighted by Gasteiger charge is -1.93. The third-order valence-electron chi connectivity index (χ3n) is 1.82. The van der Waals surface area contributed by atoms with Crippen molar-refractivity contribution in [3.05, 3.63) is 28.5 Å². The molecular formula is C9H7ClN2O. The molecule has 4 heteroatoms. The molecule has 13 heavy (non-hydrogen) atoms. The molecule has 66 valence electrons. The molecule has 2 rings (SSSR count). The maximum absolute atomic E-state index is 10.5. The van der Waals surface area contributed by atoms with Crippen molar-refractivity contribution in [2.45, 2.75) is 6.92 Å². The molecular weight excluding hydrogens is 188 g/mol. The van der Waals surface area contributed by atoms with E-state index in [1.807, 2.05) is 6.92 Å². The van der Waals surface area contributed by atoms with Crippen molar-refractivity contribution in [1.82, 2.24) is 9.97 Å². The van der Waals surface area contributed by atoms with Crippen molar-refractivity contribution in [3.63, 3.8) is 0 Å². The Morgan fingerprint density at radius 1 is 1.54 bits per heavy atom. The van der Waals surface area contributed by atoms with E-state index in [1.165, 1.54) is 0 Å². The molecule has 0 aliphatic heterocycles. The topological polar surface area (TPSA) is 45.8 Å². The van der Waals surface area contributed by atoms with Crippen molar-refractivity contribution >= 4 is 28.9 Å². The number of H-pyrrole nitrogens is 1. The van der Waals surface area contributed by atoms with Crippen LogP contribution < -0.4 is 0 Å². The normalized spacial score (nSPS) is 10.6. The molecule has 0 atom stereocenters. The summed E-state index contributed by atoms with van der Waals surface area (Å²) < 4.78 is 0. The zero-order valence-electron chi connectivity index (χ0n) is 6.97. The van der Waals surface area contributed by atoms with E-state index in [-0.39, 0.29) is 0 Å². The highest BCUT2D eigenvalue weighted by Gasteiger charge is 2.05. The lowest BCUT2D eigenvalue weighted by molar-refractivity contribution is 0.112. The first-order valence-electron chi connectivity index (χ1n) is 3.82. The molecule has 0 amide bonds. The van der Waals surface area contributed by atoms with Gasteiger partial charge in [-0.25, -0.2) is 4.98 Å². The van der Waals surface area contributed by atoms with E-state index in [0.29, 0.717) is 16.1 Å². The molecule has 0 saturated carbocycles. The van der Waals surface area contributed by atoms with E-state index >= 15 is 0 Å². The van der Waals surface area contributed by atoms with Crippen LogP contribution in [0.25, 0.3) is 11.0 Å². The fourth-order valence-electron chi connectivity index (χ4n) is 1.29. The molecule has 3 nitrogen and oxygen atoms in total.